The first-order chi connectivity index (χ1) is 43.8. The lowest BCUT2D eigenvalue weighted by Crippen LogP contribution is -2.74. The Morgan fingerprint density at radius 1 is 0.500 bits per heavy atom. The van der Waals surface area contributed by atoms with E-state index in [9.17, 15) is 20.6 Å². The maximum atomic E-state index is 10.6. The van der Waals surface area contributed by atoms with Gasteiger partial charge in [-0.2, -0.15) is 0 Å². The third-order valence-electron chi connectivity index (χ3n) is 10.2. The van der Waals surface area contributed by atoms with E-state index in [1.807, 2.05) is 0 Å². The minimum Gasteiger partial charge on any atom is -0.551 e. The van der Waals surface area contributed by atoms with Crippen LogP contribution in [0.1, 0.15) is 52.2 Å². The first-order valence-corrected chi connectivity index (χ1v) is 19.9. The van der Waals surface area contributed by atoms with Crippen LogP contribution in [-0.4, -0.2) is 19.6 Å². The molecule has 12 rings (SSSR count). The summed E-state index contributed by atoms with van der Waals surface area (Å²) in [5.41, 5.74) is -6.48. The Morgan fingerprint density at radius 3 is 1.92 bits per heavy atom. The summed E-state index contributed by atoms with van der Waals surface area (Å²) in [5, 5.41) is -5.15. The highest BCUT2D eigenvalue weighted by Crippen LogP contribution is 2.43. The summed E-state index contributed by atoms with van der Waals surface area (Å²) in [6, 6.07) is -35.1. The number of para-hydroxylation sites is 3. The van der Waals surface area contributed by atoms with Crippen LogP contribution in [0, 0.1) is 6.92 Å². The molecule has 9 aromatic carbocycles. The number of ether oxygens (including phenoxy) is 1. The maximum Gasteiger partial charge on any atom is 0.434 e. The second-order valence-electron chi connectivity index (χ2n) is 13.4. The van der Waals surface area contributed by atoms with Crippen LogP contribution >= 0.6 is 0 Å². The Morgan fingerprint density at radius 2 is 1.17 bits per heavy atom. The fourth-order valence-corrected chi connectivity index (χ4v) is 11.4. The van der Waals surface area contributed by atoms with Gasteiger partial charge in [-0.1, -0.05) is 169 Å². The Labute approximate surface area is 398 Å². The SMILES string of the molecule is [2H]c1cc([Si](c2c([2H])c([2H])c([2H])c([2H])c2[2H])(c2c([2H])c([2H])c([2H])c([2H])c2[2H])c2c([2H])c([2H])c([2H])c([2H])c2[2H])c([2H])c(-c2c([2H])c3c4c(c2[2H])-c2c([2H])c(-n5c6c([2H])c([2H])c([2H])c([2H])c6c6c([2H])c([2H])c([2H])c(C)c65)c([2H])c([2H])c2OB4c2c([2H])c([2H])c([2H])c([2H])c2O3)c1[2H]. The van der Waals surface area contributed by atoms with Gasteiger partial charge in [0, 0.05) is 32.9 Å². The van der Waals surface area contributed by atoms with Crippen LogP contribution in [0.5, 0.6) is 17.2 Å². The molecule has 2 aliphatic heterocycles. The third kappa shape index (κ3) is 5.16. The number of hydrogen-bond acceptors (Lipinski definition) is 2. The topological polar surface area (TPSA) is 23.4 Å². The molecule has 0 saturated carbocycles. The molecule has 282 valence electrons. The van der Waals surface area contributed by atoms with E-state index in [1.165, 1.54) is 6.92 Å². The second kappa shape index (κ2) is 13.6. The van der Waals surface area contributed by atoms with E-state index in [1.54, 1.807) is 0 Å². The minimum absolute atomic E-state index is 0.172. The highest BCUT2D eigenvalue weighted by atomic mass is 28.3. The van der Waals surface area contributed by atoms with Gasteiger partial charge in [0.25, 0.3) is 0 Å². The predicted octanol–water partition coefficient (Wildman–Crippen LogP) is 9.41. The van der Waals surface area contributed by atoms with Crippen molar-refractivity contribution in [1.82, 2.24) is 4.57 Å². The Hall–Kier alpha value is -7.34. The zero-order valence-corrected chi connectivity index (χ0v) is 31.4. The van der Waals surface area contributed by atoms with Crippen molar-refractivity contribution >= 4 is 68.5 Å². The van der Waals surface area contributed by atoms with E-state index >= 15 is 0 Å². The Bertz CT molecular complexity index is 4970. The second-order valence-corrected chi connectivity index (χ2v) is 16.9. The number of aryl methyl sites for hydroxylation is 1. The molecular formula is C55H38BNO2Si. The molecule has 0 N–H and O–H groups in total. The maximum absolute atomic E-state index is 10.6. The van der Waals surface area contributed by atoms with E-state index in [0.717, 1.165) is 4.57 Å². The molecule has 0 aliphatic carbocycles. The molecule has 0 bridgehead atoms. The molecule has 3 nitrogen and oxygen atoms in total. The average molecular weight is 818 g/mol. The molecular weight excluding hydrogens is 746 g/mol. The van der Waals surface area contributed by atoms with Gasteiger partial charge in [0.2, 0.25) is 0 Å². The van der Waals surface area contributed by atoms with Crippen LogP contribution in [0.15, 0.2) is 212 Å². The zero-order chi connectivity index (χ0) is 69.4. The van der Waals surface area contributed by atoms with Crippen molar-refractivity contribution in [2.24, 2.45) is 0 Å². The number of benzene rings is 9. The van der Waals surface area contributed by atoms with Crippen LogP contribution in [0.4, 0.5) is 0 Å². The first-order valence-electron chi connectivity index (χ1n) is 34.9. The molecule has 0 amide bonds. The normalized spacial score (nSPS) is 20.6. The summed E-state index contributed by atoms with van der Waals surface area (Å²) >= 11 is 0. The smallest absolute Gasteiger partial charge is 0.434 e. The van der Waals surface area contributed by atoms with E-state index in [2.05, 4.69) is 0 Å². The van der Waals surface area contributed by atoms with Crippen molar-refractivity contribution in [3.05, 3.63) is 217 Å². The summed E-state index contributed by atoms with van der Waals surface area (Å²) < 4.78 is 330. The van der Waals surface area contributed by atoms with Crippen molar-refractivity contribution in [3.8, 4) is 45.2 Å². The van der Waals surface area contributed by atoms with Gasteiger partial charge in [0.1, 0.15) is 17.2 Å². The molecule has 10 aromatic rings. The number of hydrogen-bond donors (Lipinski definition) is 0. The van der Waals surface area contributed by atoms with Gasteiger partial charge >= 0.3 is 6.92 Å². The van der Waals surface area contributed by atoms with Crippen LogP contribution in [0.2, 0.25) is 0 Å². The number of rotatable bonds is 6. The lowest BCUT2D eigenvalue weighted by Gasteiger charge is -2.35. The van der Waals surface area contributed by atoms with E-state index < -0.39 is 308 Å². The fourth-order valence-electron chi connectivity index (χ4n) is 7.73. The van der Waals surface area contributed by atoms with Crippen LogP contribution in [0.25, 0.3) is 49.7 Å². The molecule has 0 radical (unpaired) electrons. The van der Waals surface area contributed by atoms with Crippen molar-refractivity contribution in [1.29, 1.82) is 0 Å². The van der Waals surface area contributed by atoms with E-state index in [-0.39, 0.29) is 16.5 Å². The fraction of sp³-hybridized carbons (Fsp3) is 0.0182. The van der Waals surface area contributed by atoms with Crippen LogP contribution < -0.4 is 41.1 Å². The molecule has 0 spiro atoms. The lowest BCUT2D eigenvalue weighted by molar-refractivity contribution is 0.479. The zero-order valence-electron chi connectivity index (χ0n) is 64.4. The number of fused-ring (bicyclic) bond motifs is 7. The quantitative estimate of drug-likeness (QED) is 0.123. The average Bonchev–Trinajstić information content (AvgIpc) is 0.765. The van der Waals surface area contributed by atoms with Crippen molar-refractivity contribution in [3.63, 3.8) is 0 Å². The standard InChI is InChI=1S/C55H38BNO2Si/c1-37-17-15-27-46-45-26-11-13-29-50(45)57(55(37)46)40-31-32-51-47(36-40)48-34-39(35-53-54(48)56(59-51)49-28-12-14-30-52(49)58-53)38-18-16-25-44(33-38)60(41-19-5-2-6-20-41,42-21-7-3-8-22-42)43-23-9-4-10-24-43/h2-36H,1H3/i2D,3D,4D,5D,6D,7D,8D,9D,10D,11D,12D,13D,14D,15D,16D,17D,18D,19D,20D,21D,22D,23D,24D,26D,27D,28D,29D,30D,31D,32D,33D,34D,35D,36D. The summed E-state index contributed by atoms with van der Waals surface area (Å²) in [7, 11) is -6.36. The van der Waals surface area contributed by atoms with Gasteiger partial charge in [0.05, 0.1) is 57.6 Å². The van der Waals surface area contributed by atoms with Gasteiger partial charge in [-0.15, -0.1) is 0 Å². The molecule has 5 heteroatoms. The minimum atomic E-state index is -6.36. The lowest BCUT2D eigenvalue weighted by atomic mass is 9.50. The van der Waals surface area contributed by atoms with Gasteiger partial charge < -0.3 is 14.0 Å². The van der Waals surface area contributed by atoms with Gasteiger partial charge in [0.15, 0.2) is 8.07 Å². The third-order valence-corrected chi connectivity index (χ3v) is 14.3. The molecule has 0 atom stereocenters. The van der Waals surface area contributed by atoms with Crippen LogP contribution in [-0.2, 0) is 0 Å². The highest BCUT2D eigenvalue weighted by Gasteiger charge is 2.43. The van der Waals surface area contributed by atoms with E-state index in [0.29, 0.717) is 6.07 Å². The largest absolute Gasteiger partial charge is 0.551 e. The van der Waals surface area contributed by atoms with E-state index in [4.69, 9.17) is 35.4 Å². The summed E-state index contributed by atoms with van der Waals surface area (Å²) in [4.78, 5) is 0. The van der Waals surface area contributed by atoms with Crippen molar-refractivity contribution in [2.45, 2.75) is 6.92 Å². The highest BCUT2D eigenvalue weighted by molar-refractivity contribution is 7.19. The molecule has 0 saturated heterocycles. The number of aromatic nitrogens is 1. The van der Waals surface area contributed by atoms with Crippen molar-refractivity contribution in [2.75, 3.05) is 0 Å². The van der Waals surface area contributed by atoms with Crippen LogP contribution in [0.3, 0.4) is 0 Å². The predicted molar refractivity (Wildman–Crippen MR) is 252 cm³/mol. The molecule has 0 unspecified atom stereocenters. The molecule has 60 heavy (non-hydrogen) atoms. The summed E-state index contributed by atoms with van der Waals surface area (Å²) in [5.74, 6) is -2.42. The Balaban J connectivity index is 1.33. The molecule has 3 heterocycles. The summed E-state index contributed by atoms with van der Waals surface area (Å²) in [6.45, 7) is -0.714. The molecule has 0 fully saturated rings. The van der Waals surface area contributed by atoms with Gasteiger partial charge in [-0.3, -0.25) is 0 Å². The number of nitrogens with zero attached hydrogens (tertiary/aromatic N) is 1. The molecule has 2 aliphatic rings. The Kier molecular flexibility index (Phi) is 3.35. The monoisotopic (exact) mass is 817 g/mol. The van der Waals surface area contributed by atoms with Gasteiger partial charge in [-0.05, 0) is 92.2 Å². The van der Waals surface area contributed by atoms with Gasteiger partial charge in [-0.25, -0.2) is 0 Å². The molecule has 1 aromatic heterocycles. The first kappa shape index (κ1) is 14.7. The summed E-state index contributed by atoms with van der Waals surface area (Å²) in [6.07, 6.45) is 0. The van der Waals surface area contributed by atoms with Crippen molar-refractivity contribution < 1.29 is 56.0 Å².